The Hall–Kier alpha value is -1.30. The molecule has 1 unspecified atom stereocenters. The van der Waals surface area contributed by atoms with E-state index in [1.54, 1.807) is 9.80 Å². The van der Waals surface area contributed by atoms with Crippen LogP contribution < -0.4 is 5.73 Å². The highest BCUT2D eigenvalue weighted by atomic mass is 16.6. The molecule has 6 nitrogen and oxygen atoms in total. The van der Waals surface area contributed by atoms with E-state index < -0.39 is 6.04 Å². The summed E-state index contributed by atoms with van der Waals surface area (Å²) in [5.74, 6) is -0.00847. The molecule has 1 atom stereocenters. The maximum Gasteiger partial charge on any atom is 0.409 e. The minimum atomic E-state index is -0.414. The van der Waals surface area contributed by atoms with Crippen LogP contribution >= 0.6 is 0 Å². The molecule has 1 heterocycles. The average Bonchev–Trinajstić information content (AvgIpc) is 2.47. The molecule has 1 rings (SSSR count). The quantitative estimate of drug-likeness (QED) is 0.744. The van der Waals surface area contributed by atoms with Crippen molar-refractivity contribution in [1.29, 1.82) is 0 Å². The number of nitrogens with zero attached hydrogens (tertiary/aromatic N) is 2. The molecule has 1 saturated heterocycles. The van der Waals surface area contributed by atoms with E-state index in [9.17, 15) is 9.59 Å². The molecule has 0 radical (unpaired) electrons. The molecule has 0 aromatic rings. The highest BCUT2D eigenvalue weighted by molar-refractivity contribution is 5.82. The number of hydrogen-bond acceptors (Lipinski definition) is 4. The van der Waals surface area contributed by atoms with E-state index in [0.717, 1.165) is 19.3 Å². The van der Waals surface area contributed by atoms with E-state index in [0.29, 0.717) is 39.2 Å². The van der Waals surface area contributed by atoms with Gasteiger partial charge in [-0.25, -0.2) is 4.79 Å². The van der Waals surface area contributed by atoms with Crippen molar-refractivity contribution in [3.05, 3.63) is 0 Å². The molecule has 1 aliphatic heterocycles. The lowest BCUT2D eigenvalue weighted by Crippen LogP contribution is -2.54. The van der Waals surface area contributed by atoms with Crippen LogP contribution in [-0.4, -0.2) is 60.6 Å². The summed E-state index contributed by atoms with van der Waals surface area (Å²) in [4.78, 5) is 27.2. The van der Waals surface area contributed by atoms with Crippen molar-refractivity contribution in [2.75, 3.05) is 32.8 Å². The van der Waals surface area contributed by atoms with Crippen molar-refractivity contribution in [3.8, 4) is 0 Å². The second-order valence-corrected chi connectivity index (χ2v) is 5.18. The Bertz CT molecular complexity index is 315. The lowest BCUT2D eigenvalue weighted by molar-refractivity contribution is -0.134. The van der Waals surface area contributed by atoms with Crippen LogP contribution in [0.1, 0.15) is 39.5 Å². The number of nitrogens with two attached hydrogens (primary N) is 1. The standard InChI is InChI=1S/C14H27N3O3/c1-3-5-11-20-14(19)17-9-7-16(8-10-17)13(18)12(15)6-4-2/h12H,3-11,15H2,1-2H3. The van der Waals surface area contributed by atoms with Gasteiger partial charge in [-0.15, -0.1) is 0 Å². The van der Waals surface area contributed by atoms with Gasteiger partial charge < -0.3 is 20.3 Å². The Morgan fingerprint density at radius 1 is 1.10 bits per heavy atom. The number of carbonyl (C=O) groups excluding carboxylic acids is 2. The minimum Gasteiger partial charge on any atom is -0.449 e. The summed E-state index contributed by atoms with van der Waals surface area (Å²) in [6, 6.07) is -0.414. The smallest absolute Gasteiger partial charge is 0.409 e. The predicted octanol–water partition coefficient (Wildman–Crippen LogP) is 1.19. The summed E-state index contributed by atoms with van der Waals surface area (Å²) in [6.07, 6.45) is 3.22. The summed E-state index contributed by atoms with van der Waals surface area (Å²) in [5, 5.41) is 0. The highest BCUT2D eigenvalue weighted by Gasteiger charge is 2.27. The zero-order valence-electron chi connectivity index (χ0n) is 12.6. The molecule has 0 aromatic carbocycles. The lowest BCUT2D eigenvalue weighted by atomic mass is 10.1. The zero-order valence-corrected chi connectivity index (χ0v) is 12.6. The predicted molar refractivity (Wildman–Crippen MR) is 77.3 cm³/mol. The number of rotatable bonds is 6. The molecule has 2 N–H and O–H groups in total. The zero-order chi connectivity index (χ0) is 15.0. The first-order valence-corrected chi connectivity index (χ1v) is 7.56. The summed E-state index contributed by atoms with van der Waals surface area (Å²) in [7, 11) is 0. The first-order chi connectivity index (χ1) is 9.60. The number of piperazine rings is 1. The second-order valence-electron chi connectivity index (χ2n) is 5.18. The third-order valence-corrected chi connectivity index (χ3v) is 3.49. The molecule has 0 aliphatic carbocycles. The van der Waals surface area contributed by atoms with Crippen molar-refractivity contribution in [1.82, 2.24) is 9.80 Å². The van der Waals surface area contributed by atoms with Gasteiger partial charge in [0.1, 0.15) is 0 Å². The van der Waals surface area contributed by atoms with Gasteiger partial charge in [-0.2, -0.15) is 0 Å². The minimum absolute atomic E-state index is 0.00847. The van der Waals surface area contributed by atoms with Gasteiger partial charge in [0.25, 0.3) is 0 Å². The summed E-state index contributed by atoms with van der Waals surface area (Å²) in [5.41, 5.74) is 5.84. The monoisotopic (exact) mass is 285 g/mol. The van der Waals surface area contributed by atoms with Crippen LogP contribution in [0.2, 0.25) is 0 Å². The molecule has 2 amide bonds. The maximum absolute atomic E-state index is 12.0. The van der Waals surface area contributed by atoms with E-state index in [4.69, 9.17) is 10.5 Å². The normalized spacial score (nSPS) is 16.9. The molecule has 0 saturated carbocycles. The Kier molecular flexibility index (Phi) is 7.36. The Morgan fingerprint density at radius 3 is 2.25 bits per heavy atom. The number of ether oxygens (including phenoxy) is 1. The Labute approximate surface area is 121 Å². The van der Waals surface area contributed by atoms with E-state index in [1.807, 2.05) is 6.92 Å². The highest BCUT2D eigenvalue weighted by Crippen LogP contribution is 2.07. The maximum atomic E-state index is 12.0. The summed E-state index contributed by atoms with van der Waals surface area (Å²) >= 11 is 0. The van der Waals surface area contributed by atoms with Crippen molar-refractivity contribution in [3.63, 3.8) is 0 Å². The van der Waals surface area contributed by atoms with E-state index >= 15 is 0 Å². The van der Waals surface area contributed by atoms with Gasteiger partial charge in [-0.3, -0.25) is 4.79 Å². The summed E-state index contributed by atoms with van der Waals surface area (Å²) < 4.78 is 5.16. The molecular formula is C14H27N3O3. The molecule has 116 valence electrons. The topological polar surface area (TPSA) is 75.9 Å². The number of unbranched alkanes of at least 4 members (excludes halogenated alkanes) is 1. The van der Waals surface area contributed by atoms with Gasteiger partial charge in [0.15, 0.2) is 0 Å². The van der Waals surface area contributed by atoms with Crippen molar-refractivity contribution < 1.29 is 14.3 Å². The first kappa shape index (κ1) is 16.8. The van der Waals surface area contributed by atoms with Gasteiger partial charge in [-0.1, -0.05) is 26.7 Å². The van der Waals surface area contributed by atoms with Gasteiger partial charge in [0, 0.05) is 26.2 Å². The van der Waals surface area contributed by atoms with Gasteiger partial charge in [0.2, 0.25) is 5.91 Å². The molecule has 6 heteroatoms. The lowest BCUT2D eigenvalue weighted by Gasteiger charge is -2.35. The Balaban J connectivity index is 2.32. The van der Waals surface area contributed by atoms with E-state index in [-0.39, 0.29) is 12.0 Å². The SMILES string of the molecule is CCCCOC(=O)N1CCN(C(=O)C(N)CCC)CC1. The van der Waals surface area contributed by atoms with Crippen molar-refractivity contribution in [2.24, 2.45) is 5.73 Å². The molecule has 20 heavy (non-hydrogen) atoms. The molecule has 0 spiro atoms. The molecule has 0 aromatic heterocycles. The fraction of sp³-hybridized carbons (Fsp3) is 0.857. The van der Waals surface area contributed by atoms with Crippen molar-refractivity contribution >= 4 is 12.0 Å². The molecule has 1 fully saturated rings. The van der Waals surface area contributed by atoms with Gasteiger partial charge in [0.05, 0.1) is 12.6 Å². The molecule has 0 bridgehead atoms. The van der Waals surface area contributed by atoms with Crippen LogP contribution in [-0.2, 0) is 9.53 Å². The third-order valence-electron chi connectivity index (χ3n) is 3.49. The van der Waals surface area contributed by atoms with Crippen LogP contribution in [0.5, 0.6) is 0 Å². The van der Waals surface area contributed by atoms with Crippen LogP contribution in [0.25, 0.3) is 0 Å². The molecule has 1 aliphatic rings. The van der Waals surface area contributed by atoms with Crippen LogP contribution in [0.15, 0.2) is 0 Å². The number of hydrogen-bond donors (Lipinski definition) is 1. The van der Waals surface area contributed by atoms with Crippen LogP contribution in [0, 0.1) is 0 Å². The van der Waals surface area contributed by atoms with E-state index in [1.165, 1.54) is 0 Å². The van der Waals surface area contributed by atoms with Crippen LogP contribution in [0.4, 0.5) is 4.79 Å². The fourth-order valence-corrected chi connectivity index (χ4v) is 2.17. The van der Waals surface area contributed by atoms with Crippen molar-refractivity contribution in [2.45, 2.75) is 45.6 Å². The third kappa shape index (κ3) is 5.00. The average molecular weight is 285 g/mol. The largest absolute Gasteiger partial charge is 0.449 e. The second kappa shape index (κ2) is 8.79. The van der Waals surface area contributed by atoms with Gasteiger partial charge >= 0.3 is 6.09 Å². The van der Waals surface area contributed by atoms with Gasteiger partial charge in [-0.05, 0) is 12.8 Å². The fourth-order valence-electron chi connectivity index (χ4n) is 2.17. The summed E-state index contributed by atoms with van der Waals surface area (Å²) in [6.45, 7) is 6.66. The Morgan fingerprint density at radius 2 is 1.70 bits per heavy atom. The number of carbonyl (C=O) groups is 2. The van der Waals surface area contributed by atoms with E-state index in [2.05, 4.69) is 6.92 Å². The number of amides is 2. The molecular weight excluding hydrogens is 258 g/mol. The van der Waals surface area contributed by atoms with Crippen LogP contribution in [0.3, 0.4) is 0 Å². The first-order valence-electron chi connectivity index (χ1n) is 7.56.